The number of anilines is 1. The summed E-state index contributed by atoms with van der Waals surface area (Å²) >= 11 is 1.26. The summed E-state index contributed by atoms with van der Waals surface area (Å²) in [6.45, 7) is 2.56. The van der Waals surface area contributed by atoms with Crippen molar-refractivity contribution in [2.45, 2.75) is 18.6 Å². The van der Waals surface area contributed by atoms with Crippen LogP contribution in [0.3, 0.4) is 0 Å². The van der Waals surface area contributed by atoms with Crippen LogP contribution in [0.1, 0.15) is 17.5 Å². The van der Waals surface area contributed by atoms with Crippen molar-refractivity contribution < 1.29 is 23.8 Å². The van der Waals surface area contributed by atoms with Crippen LogP contribution in [0.2, 0.25) is 0 Å². The van der Waals surface area contributed by atoms with Crippen LogP contribution in [-0.2, 0) is 14.3 Å². The van der Waals surface area contributed by atoms with Gasteiger partial charge in [-0.05, 0) is 42.8 Å². The molecule has 1 amide bonds. The zero-order valence-corrected chi connectivity index (χ0v) is 17.0. The Hall–Kier alpha value is -3.26. The highest BCUT2D eigenvalue weighted by molar-refractivity contribution is 8.15. The Balaban J connectivity index is 1.50. The molecular weight excluding hydrogens is 404 g/mol. The number of carbonyl (C=O) groups is 2. The fourth-order valence-corrected chi connectivity index (χ4v) is 4.45. The normalized spacial score (nSPS) is 21.4. The lowest BCUT2D eigenvalue weighted by molar-refractivity contribution is -0.137. The number of aliphatic imine (C=N–C) groups is 1. The molecule has 30 heavy (non-hydrogen) atoms. The third-order valence-corrected chi connectivity index (χ3v) is 6.15. The van der Waals surface area contributed by atoms with Gasteiger partial charge >= 0.3 is 5.97 Å². The Bertz CT molecular complexity index is 1090. The smallest absolute Gasteiger partial charge is 0.319 e. The van der Waals surface area contributed by atoms with Gasteiger partial charge in [0.05, 0.1) is 12.3 Å². The molecule has 1 saturated heterocycles. The van der Waals surface area contributed by atoms with E-state index >= 15 is 0 Å². The number of hydrogen-bond acceptors (Lipinski definition) is 7. The Labute approximate surface area is 177 Å². The van der Waals surface area contributed by atoms with Gasteiger partial charge in [-0.1, -0.05) is 35.5 Å². The van der Waals surface area contributed by atoms with Gasteiger partial charge < -0.3 is 14.2 Å². The first kappa shape index (κ1) is 18.7. The van der Waals surface area contributed by atoms with Gasteiger partial charge in [0.2, 0.25) is 6.79 Å². The molecule has 1 fully saturated rings. The molecule has 0 radical (unpaired) electrons. The van der Waals surface area contributed by atoms with Crippen LogP contribution in [0, 0.1) is 6.92 Å². The number of amidine groups is 1. The molecule has 3 aliphatic rings. The summed E-state index contributed by atoms with van der Waals surface area (Å²) in [6.07, 6.45) is 2.31. The number of cyclic esters (lactones) is 1. The average Bonchev–Trinajstić information content (AvgIpc) is 3.44. The van der Waals surface area contributed by atoms with Gasteiger partial charge in [0.15, 0.2) is 16.7 Å². The third kappa shape index (κ3) is 3.43. The monoisotopic (exact) mass is 422 g/mol. The van der Waals surface area contributed by atoms with E-state index in [1.807, 2.05) is 43.3 Å². The predicted molar refractivity (Wildman–Crippen MR) is 114 cm³/mol. The minimum Gasteiger partial charge on any atom is -0.465 e. The molecule has 0 N–H and O–H groups in total. The molecule has 0 bridgehead atoms. The largest absolute Gasteiger partial charge is 0.465 e. The van der Waals surface area contributed by atoms with Crippen LogP contribution >= 0.6 is 11.8 Å². The third-order valence-electron chi connectivity index (χ3n) is 4.96. The molecule has 0 saturated carbocycles. The van der Waals surface area contributed by atoms with E-state index in [4.69, 9.17) is 14.2 Å². The van der Waals surface area contributed by atoms with E-state index in [1.165, 1.54) is 11.8 Å². The lowest BCUT2D eigenvalue weighted by Crippen LogP contribution is -2.32. The van der Waals surface area contributed by atoms with Crippen LogP contribution in [0.5, 0.6) is 11.5 Å². The van der Waals surface area contributed by atoms with Gasteiger partial charge in [0.25, 0.3) is 5.91 Å². The highest BCUT2D eigenvalue weighted by Crippen LogP contribution is 2.36. The van der Waals surface area contributed by atoms with Gasteiger partial charge in [0.1, 0.15) is 10.9 Å². The first-order valence-corrected chi connectivity index (χ1v) is 10.4. The van der Waals surface area contributed by atoms with Crippen molar-refractivity contribution >= 4 is 40.6 Å². The van der Waals surface area contributed by atoms with Crippen molar-refractivity contribution in [3.8, 4) is 11.5 Å². The van der Waals surface area contributed by atoms with E-state index in [2.05, 4.69) is 4.99 Å². The van der Waals surface area contributed by atoms with E-state index < -0.39 is 0 Å². The summed E-state index contributed by atoms with van der Waals surface area (Å²) in [5.74, 6) is 0.797. The van der Waals surface area contributed by atoms with Crippen molar-refractivity contribution in [1.82, 2.24) is 0 Å². The molecule has 3 heterocycles. The molecule has 2 aromatic carbocycles. The topological polar surface area (TPSA) is 77.4 Å². The minimum absolute atomic E-state index is 0.186. The number of thioether (sulfide) groups is 1. The van der Waals surface area contributed by atoms with Crippen LogP contribution in [0.25, 0.3) is 6.08 Å². The van der Waals surface area contributed by atoms with Crippen molar-refractivity contribution in [2.75, 3.05) is 18.3 Å². The molecule has 8 heteroatoms. The molecule has 152 valence electrons. The van der Waals surface area contributed by atoms with E-state index in [0.29, 0.717) is 41.1 Å². The summed E-state index contributed by atoms with van der Waals surface area (Å²) in [7, 11) is 0. The zero-order chi connectivity index (χ0) is 20.7. The second-order valence-corrected chi connectivity index (χ2v) is 8.25. The van der Waals surface area contributed by atoms with Crippen LogP contribution < -0.4 is 14.4 Å². The van der Waals surface area contributed by atoms with Crippen molar-refractivity contribution in [3.63, 3.8) is 0 Å². The molecule has 0 unspecified atom stereocenters. The van der Waals surface area contributed by atoms with Crippen LogP contribution in [0.4, 0.5) is 5.69 Å². The molecule has 0 spiro atoms. The first-order chi connectivity index (χ1) is 14.6. The lowest BCUT2D eigenvalue weighted by atomic mass is 10.1. The SMILES string of the molecule is Cc1ccc(N2C(=O)/C(=C/c3ccc4c(c3)OCO4)N=C2S[C@@H]2CCOC2=O)cc1. The second-order valence-electron chi connectivity index (χ2n) is 7.08. The van der Waals surface area contributed by atoms with Gasteiger partial charge in [0, 0.05) is 6.42 Å². The van der Waals surface area contributed by atoms with Crippen LogP contribution in [0.15, 0.2) is 53.2 Å². The molecule has 3 aliphatic heterocycles. The van der Waals surface area contributed by atoms with Gasteiger partial charge in [-0.15, -0.1) is 0 Å². The number of hydrogen-bond donors (Lipinski definition) is 0. The zero-order valence-electron chi connectivity index (χ0n) is 16.2. The predicted octanol–water partition coefficient (Wildman–Crippen LogP) is 3.52. The van der Waals surface area contributed by atoms with Crippen LogP contribution in [-0.4, -0.2) is 35.7 Å². The van der Waals surface area contributed by atoms with Gasteiger partial charge in [-0.25, -0.2) is 4.99 Å². The number of carbonyl (C=O) groups excluding carboxylic acids is 2. The summed E-state index contributed by atoms with van der Waals surface area (Å²) in [4.78, 5) is 31.3. The molecule has 1 atom stereocenters. The van der Waals surface area contributed by atoms with Crippen molar-refractivity contribution in [2.24, 2.45) is 4.99 Å². The summed E-state index contributed by atoms with van der Waals surface area (Å²) in [5, 5.41) is 0.106. The summed E-state index contributed by atoms with van der Waals surface area (Å²) < 4.78 is 15.8. The highest BCUT2D eigenvalue weighted by atomic mass is 32.2. The number of benzene rings is 2. The fraction of sp³-hybridized carbons (Fsp3) is 0.227. The highest BCUT2D eigenvalue weighted by Gasteiger charge is 2.37. The van der Waals surface area contributed by atoms with Crippen molar-refractivity contribution in [3.05, 3.63) is 59.3 Å². The molecule has 5 rings (SSSR count). The number of rotatable bonds is 3. The maximum Gasteiger partial charge on any atom is 0.319 e. The second kappa shape index (κ2) is 7.53. The maximum absolute atomic E-state index is 13.3. The number of aryl methyl sites for hydroxylation is 1. The fourth-order valence-electron chi connectivity index (χ4n) is 3.37. The molecule has 7 nitrogen and oxygen atoms in total. The standard InChI is InChI=1S/C22H18N2O5S/c1-13-2-5-15(6-3-13)24-20(25)16(23-22(24)30-19-8-9-27-21(19)26)10-14-4-7-17-18(11-14)29-12-28-17/h2-7,10-11,19H,8-9,12H2,1H3/b16-10-/t19-/m1/s1. The maximum atomic E-state index is 13.3. The van der Waals surface area contributed by atoms with E-state index in [1.54, 1.807) is 17.0 Å². The summed E-state index contributed by atoms with van der Waals surface area (Å²) in [5.41, 5.74) is 2.87. The minimum atomic E-state index is -0.366. The summed E-state index contributed by atoms with van der Waals surface area (Å²) in [6, 6.07) is 13.1. The Morgan fingerprint density at radius 2 is 1.87 bits per heavy atom. The lowest BCUT2D eigenvalue weighted by Gasteiger charge is -2.19. The Morgan fingerprint density at radius 1 is 1.07 bits per heavy atom. The van der Waals surface area contributed by atoms with Gasteiger partial charge in [-0.3, -0.25) is 14.5 Å². The molecule has 0 aromatic heterocycles. The quantitative estimate of drug-likeness (QED) is 0.556. The number of amides is 1. The van der Waals surface area contributed by atoms with E-state index in [0.717, 1.165) is 11.1 Å². The van der Waals surface area contributed by atoms with E-state index in [-0.39, 0.29) is 23.9 Å². The molecule has 2 aromatic rings. The number of nitrogens with zero attached hydrogens (tertiary/aromatic N) is 2. The number of fused-ring (bicyclic) bond motifs is 1. The van der Waals surface area contributed by atoms with Crippen molar-refractivity contribution in [1.29, 1.82) is 0 Å². The number of ether oxygens (including phenoxy) is 3. The Kier molecular flexibility index (Phi) is 4.71. The average molecular weight is 422 g/mol. The molecule has 0 aliphatic carbocycles. The van der Waals surface area contributed by atoms with Gasteiger partial charge in [-0.2, -0.15) is 0 Å². The Morgan fingerprint density at radius 3 is 2.63 bits per heavy atom. The molecular formula is C22H18N2O5S. The first-order valence-electron chi connectivity index (χ1n) is 9.53. The van der Waals surface area contributed by atoms with E-state index in [9.17, 15) is 9.59 Å². The number of esters is 1.